The lowest BCUT2D eigenvalue weighted by atomic mass is 9.63. The summed E-state index contributed by atoms with van der Waals surface area (Å²) in [6.07, 6.45) is 23.1. The van der Waals surface area contributed by atoms with Gasteiger partial charge in [-0.1, -0.05) is 69.6 Å². The maximum Gasteiger partial charge on any atom is 0.144 e. The molecule has 0 bridgehead atoms. The van der Waals surface area contributed by atoms with Gasteiger partial charge in [-0.3, -0.25) is 15.3 Å². The normalized spacial score (nSPS) is 40.0. The first-order valence-corrected chi connectivity index (χ1v) is 21.8. The van der Waals surface area contributed by atoms with Crippen LogP contribution in [0.1, 0.15) is 148 Å². The number of ether oxygens (including phenoxy) is 1. The van der Waals surface area contributed by atoms with Gasteiger partial charge in [0, 0.05) is 44.3 Å². The monoisotopic (exact) mass is 710 g/mol. The standard InChI is InChI=1S/C44H72N2O5/c1-51-43-25-34-14-16-37(48)26-41(49)40-24-36(35(28-47)13-12-29-8-4-2-5-9-29)22-31(20-30-18-19-46-44(45)23-30)21-33(40)15-17-38(39(34)27-42(43)50)32-10-6-3-7-11-32/h29-36,38-40,42-44,46-47,50H,2-14,16,18-28,45H2,1H3/p+1/t30?,31-,33-,34?,35-,36-,38+,39?,40+,42?,43?,44?/m0/s1. The van der Waals surface area contributed by atoms with Crippen LogP contribution in [0.2, 0.25) is 0 Å². The van der Waals surface area contributed by atoms with Gasteiger partial charge in [0.2, 0.25) is 0 Å². The molecule has 6 rings (SSSR count). The van der Waals surface area contributed by atoms with E-state index in [9.17, 15) is 19.8 Å². The van der Waals surface area contributed by atoms with Crippen LogP contribution in [0.25, 0.3) is 0 Å². The number of nitrogens with two attached hydrogens (primary N) is 2. The number of methoxy groups -OCH3 is 1. The van der Waals surface area contributed by atoms with Gasteiger partial charge in [-0.25, -0.2) is 0 Å². The van der Waals surface area contributed by atoms with Gasteiger partial charge in [-0.15, -0.1) is 0 Å². The van der Waals surface area contributed by atoms with Crippen molar-refractivity contribution in [1.29, 1.82) is 0 Å². The Balaban J connectivity index is 1.33. The number of piperidine rings is 1. The Kier molecular flexibility index (Phi) is 14.9. The van der Waals surface area contributed by atoms with Gasteiger partial charge in [0.15, 0.2) is 0 Å². The number of fused-ring (bicyclic) bond motifs is 2. The third-order valence-corrected chi connectivity index (χ3v) is 15.2. The highest BCUT2D eigenvalue weighted by atomic mass is 16.5. The molecule has 7 nitrogen and oxygen atoms in total. The lowest BCUT2D eigenvalue weighted by Crippen LogP contribution is -2.94. The SMILES string of the molecule is COC1CC2CCC(=O)CC(=O)[C@@H]3C[C@@H]([C@H](CO)CCC4CCCCC4)C[C@@H](CC4CC[NH2+]C(N)C4)C[C@@H]3C#C[C@H](C3CCCCC3)C2CC1O. The maximum atomic E-state index is 14.4. The number of ketones is 2. The van der Waals surface area contributed by atoms with Crippen LogP contribution >= 0.6 is 0 Å². The van der Waals surface area contributed by atoms with E-state index in [0.717, 1.165) is 63.8 Å². The fourth-order valence-corrected chi connectivity index (χ4v) is 12.3. The average Bonchev–Trinajstić information content (AvgIpc) is 3.31. The van der Waals surface area contributed by atoms with E-state index in [1.54, 1.807) is 7.11 Å². The molecule has 1 aliphatic heterocycles. The minimum absolute atomic E-state index is 0.0131. The fraction of sp³-hybridized carbons (Fsp3) is 0.909. The second-order valence-electron chi connectivity index (χ2n) is 18.6. The first-order chi connectivity index (χ1) is 24.8. The van der Waals surface area contributed by atoms with Crippen LogP contribution in [0.3, 0.4) is 0 Å². The molecular weight excluding hydrogens is 636 g/mol. The number of hydrogen-bond donors (Lipinski definition) is 4. The Labute approximate surface area is 309 Å². The molecule has 12 atom stereocenters. The molecule has 1 saturated heterocycles. The Morgan fingerprint density at radius 3 is 2.33 bits per heavy atom. The number of carbonyl (C=O) groups is 2. The largest absolute Gasteiger partial charge is 0.396 e. The zero-order chi connectivity index (χ0) is 35.7. The van der Waals surface area contributed by atoms with E-state index >= 15 is 0 Å². The average molecular weight is 710 g/mol. The summed E-state index contributed by atoms with van der Waals surface area (Å²) in [5, 5.41) is 24.5. The van der Waals surface area contributed by atoms with Crippen LogP contribution in [0.15, 0.2) is 0 Å². The molecule has 0 aromatic heterocycles. The molecule has 6 N–H and O–H groups in total. The molecule has 51 heavy (non-hydrogen) atoms. The lowest BCUT2D eigenvalue weighted by molar-refractivity contribution is -0.699. The van der Waals surface area contributed by atoms with Gasteiger partial charge in [0.25, 0.3) is 0 Å². The first-order valence-electron chi connectivity index (χ1n) is 21.8. The second kappa shape index (κ2) is 19.3. The van der Waals surface area contributed by atoms with Crippen molar-refractivity contribution in [1.82, 2.24) is 0 Å². The molecule has 0 radical (unpaired) electrons. The minimum Gasteiger partial charge on any atom is -0.396 e. The van der Waals surface area contributed by atoms with Gasteiger partial charge in [-0.05, 0) is 118 Å². The molecule has 5 aliphatic carbocycles. The molecule has 1 heterocycles. The molecule has 0 aromatic rings. The minimum atomic E-state index is -0.506. The number of aliphatic hydroxyl groups excluding tert-OH is 2. The van der Waals surface area contributed by atoms with Crippen LogP contribution in [0.4, 0.5) is 0 Å². The Morgan fingerprint density at radius 1 is 0.843 bits per heavy atom. The highest BCUT2D eigenvalue weighted by molar-refractivity contribution is 6.00. The van der Waals surface area contributed by atoms with Gasteiger partial charge in [-0.2, -0.15) is 0 Å². The van der Waals surface area contributed by atoms with Crippen molar-refractivity contribution in [2.75, 3.05) is 20.3 Å². The molecule has 0 aromatic carbocycles. The number of hydrogen-bond acceptors (Lipinski definition) is 6. The molecule has 0 spiro atoms. The van der Waals surface area contributed by atoms with Gasteiger partial charge >= 0.3 is 0 Å². The van der Waals surface area contributed by atoms with Crippen LogP contribution in [0, 0.1) is 76.9 Å². The predicted molar refractivity (Wildman–Crippen MR) is 201 cm³/mol. The molecule has 288 valence electrons. The Bertz CT molecular complexity index is 1170. The molecule has 6 aliphatic rings. The number of carbonyl (C=O) groups excluding carboxylic acids is 2. The Morgan fingerprint density at radius 2 is 1.61 bits per heavy atom. The summed E-state index contributed by atoms with van der Waals surface area (Å²) in [5.41, 5.74) is 6.46. The van der Waals surface area contributed by atoms with E-state index in [0.29, 0.717) is 30.6 Å². The van der Waals surface area contributed by atoms with Crippen LogP contribution in [-0.2, 0) is 14.3 Å². The van der Waals surface area contributed by atoms with Crippen LogP contribution in [0.5, 0.6) is 0 Å². The maximum absolute atomic E-state index is 14.4. The molecule has 4 saturated carbocycles. The van der Waals surface area contributed by atoms with Crippen molar-refractivity contribution in [2.45, 2.75) is 166 Å². The quantitative estimate of drug-likeness (QED) is 0.168. The first kappa shape index (κ1) is 39.4. The van der Waals surface area contributed by atoms with E-state index < -0.39 is 6.10 Å². The van der Waals surface area contributed by atoms with Crippen molar-refractivity contribution in [3.05, 3.63) is 0 Å². The molecule has 0 amide bonds. The van der Waals surface area contributed by atoms with Crippen LogP contribution < -0.4 is 11.1 Å². The van der Waals surface area contributed by atoms with Gasteiger partial charge < -0.3 is 20.3 Å². The third kappa shape index (κ3) is 10.7. The zero-order valence-electron chi connectivity index (χ0n) is 32.0. The van der Waals surface area contributed by atoms with E-state index in [-0.39, 0.29) is 78.3 Å². The fourth-order valence-electron chi connectivity index (χ4n) is 12.3. The summed E-state index contributed by atoms with van der Waals surface area (Å²) in [6.45, 7) is 1.26. The number of rotatable bonds is 9. The summed E-state index contributed by atoms with van der Waals surface area (Å²) in [5.74, 6) is 11.2. The van der Waals surface area contributed by atoms with Gasteiger partial charge in [0.1, 0.15) is 17.7 Å². The summed E-state index contributed by atoms with van der Waals surface area (Å²) in [6, 6.07) is 0. The number of aliphatic hydroxyl groups is 2. The van der Waals surface area contributed by atoms with Crippen molar-refractivity contribution in [2.24, 2.45) is 70.8 Å². The van der Waals surface area contributed by atoms with Gasteiger partial charge in [0.05, 0.1) is 25.2 Å². The lowest BCUT2D eigenvalue weighted by Gasteiger charge is -2.44. The summed E-state index contributed by atoms with van der Waals surface area (Å²) in [7, 11) is 1.69. The zero-order valence-corrected chi connectivity index (χ0v) is 32.0. The third-order valence-electron chi connectivity index (χ3n) is 15.2. The van der Waals surface area contributed by atoms with E-state index in [2.05, 4.69) is 17.2 Å². The smallest absolute Gasteiger partial charge is 0.144 e. The highest BCUT2D eigenvalue weighted by Crippen LogP contribution is 2.47. The number of Topliss-reactive ketones (excluding diaryl/α,β-unsaturated/α-hetero) is 2. The highest BCUT2D eigenvalue weighted by Gasteiger charge is 2.44. The predicted octanol–water partition coefficient (Wildman–Crippen LogP) is 6.18. The summed E-state index contributed by atoms with van der Waals surface area (Å²) >= 11 is 0. The molecule has 6 unspecified atom stereocenters. The number of quaternary nitrogens is 1. The molecule has 7 heteroatoms. The molecular formula is C44H73N2O5+. The summed E-state index contributed by atoms with van der Waals surface area (Å²) < 4.78 is 5.75. The second-order valence-corrected chi connectivity index (χ2v) is 18.6. The van der Waals surface area contributed by atoms with Crippen molar-refractivity contribution in [3.8, 4) is 11.8 Å². The van der Waals surface area contributed by atoms with Crippen molar-refractivity contribution >= 4 is 11.6 Å². The van der Waals surface area contributed by atoms with E-state index in [1.165, 1.54) is 77.0 Å². The van der Waals surface area contributed by atoms with E-state index in [4.69, 9.17) is 10.5 Å². The molecule has 5 fully saturated rings. The topological polar surface area (TPSA) is 126 Å². The van der Waals surface area contributed by atoms with Crippen molar-refractivity contribution in [3.63, 3.8) is 0 Å². The Hall–Kier alpha value is -1.30. The van der Waals surface area contributed by atoms with E-state index in [1.807, 2.05) is 0 Å². The van der Waals surface area contributed by atoms with Crippen molar-refractivity contribution < 1.29 is 29.9 Å². The summed E-state index contributed by atoms with van der Waals surface area (Å²) in [4.78, 5) is 28.1. The van der Waals surface area contributed by atoms with Crippen LogP contribution in [-0.4, -0.2) is 60.4 Å².